The van der Waals surface area contributed by atoms with Crippen LogP contribution in [0.1, 0.15) is 34.6 Å². The van der Waals surface area contributed by atoms with Crippen molar-refractivity contribution in [2.45, 2.75) is 64.9 Å². The molecule has 1 unspecified atom stereocenters. The average Bonchev–Trinajstić information content (AvgIpc) is 3.05. The van der Waals surface area contributed by atoms with Gasteiger partial charge in [-0.1, -0.05) is 34.6 Å². The number of anilines is 1. The highest BCUT2D eigenvalue weighted by Crippen LogP contribution is 2.37. The van der Waals surface area contributed by atoms with Crippen LogP contribution in [0, 0.1) is 0 Å². The summed E-state index contributed by atoms with van der Waals surface area (Å²) in [4.78, 5) is 2.18. The fourth-order valence-electron chi connectivity index (χ4n) is 2.50. The second-order valence-corrected chi connectivity index (χ2v) is 14.2. The first-order valence-corrected chi connectivity index (χ1v) is 13.4. The molecule has 9 heteroatoms. The topological polar surface area (TPSA) is 68.7 Å². The first-order chi connectivity index (χ1) is 12.6. The van der Waals surface area contributed by atoms with E-state index in [2.05, 4.69) is 66.7 Å². The van der Waals surface area contributed by atoms with E-state index in [1.54, 1.807) is 0 Å². The van der Waals surface area contributed by atoms with Gasteiger partial charge in [0.25, 0.3) is 5.88 Å². The molecule has 0 spiro atoms. The average molecular weight is 417 g/mol. The molecule has 1 atom stereocenters. The summed E-state index contributed by atoms with van der Waals surface area (Å²) >= 11 is 1.19. The number of nitrogens with one attached hydrogen (secondary N) is 1. The Balaban J connectivity index is 2.02. The second kappa shape index (κ2) is 9.64. The monoisotopic (exact) mass is 416 g/mol. The normalized spacial score (nSPS) is 17.4. The number of rotatable bonds is 9. The van der Waals surface area contributed by atoms with Gasteiger partial charge >= 0.3 is 0 Å². The maximum absolute atomic E-state index is 6.61. The molecule has 0 aliphatic carbocycles. The molecule has 2 heterocycles. The molecule has 1 saturated heterocycles. The molecule has 0 bridgehead atoms. The van der Waals surface area contributed by atoms with Crippen LogP contribution < -0.4 is 15.0 Å². The molecule has 1 fully saturated rings. The van der Waals surface area contributed by atoms with Crippen molar-refractivity contribution in [1.82, 2.24) is 14.1 Å². The molecule has 2 rings (SSSR count). The molecule has 1 aliphatic heterocycles. The van der Waals surface area contributed by atoms with E-state index in [1.807, 2.05) is 0 Å². The Labute approximate surface area is 169 Å². The third-order valence-electron chi connectivity index (χ3n) is 5.18. The molecule has 0 radical (unpaired) electrons. The van der Waals surface area contributed by atoms with Crippen molar-refractivity contribution < 1.29 is 13.9 Å². The quantitative estimate of drug-likeness (QED) is 0.620. The zero-order valence-corrected chi connectivity index (χ0v) is 19.7. The van der Waals surface area contributed by atoms with E-state index in [-0.39, 0.29) is 11.1 Å². The number of aromatic nitrogens is 2. The fraction of sp³-hybridized carbons (Fsp3) is 0.889. The van der Waals surface area contributed by atoms with Crippen LogP contribution in [0.25, 0.3) is 0 Å². The SMILES string of the molecule is CC(C)NCC(COc1nsnc1N1CCOCC1)O[Si](C)(C)C(C)(C)C. The molecule has 27 heavy (non-hydrogen) atoms. The number of hydrogen-bond donors (Lipinski definition) is 1. The lowest BCUT2D eigenvalue weighted by Gasteiger charge is -2.39. The highest BCUT2D eigenvalue weighted by atomic mass is 32.1. The van der Waals surface area contributed by atoms with E-state index in [1.165, 1.54) is 11.7 Å². The van der Waals surface area contributed by atoms with Crippen molar-refractivity contribution in [3.8, 4) is 5.88 Å². The third kappa shape index (κ3) is 6.67. The molecule has 0 aromatic carbocycles. The molecule has 0 amide bonds. The Kier molecular flexibility index (Phi) is 8.05. The second-order valence-electron chi connectivity index (χ2n) is 8.87. The molecule has 0 saturated carbocycles. The fourth-order valence-corrected chi connectivity index (χ4v) is 4.36. The molecular weight excluding hydrogens is 380 g/mol. The molecule has 1 aromatic rings. The van der Waals surface area contributed by atoms with Crippen LogP contribution in [0.4, 0.5) is 5.82 Å². The number of morpholine rings is 1. The zero-order chi connectivity index (χ0) is 20.1. The van der Waals surface area contributed by atoms with E-state index in [0.717, 1.165) is 25.5 Å². The molecule has 156 valence electrons. The minimum atomic E-state index is -1.89. The van der Waals surface area contributed by atoms with Crippen molar-refractivity contribution in [3.05, 3.63) is 0 Å². The minimum absolute atomic E-state index is 0.0208. The molecular formula is C18H36N4O3SSi. The maximum atomic E-state index is 6.61. The van der Waals surface area contributed by atoms with Crippen LogP contribution in [0.3, 0.4) is 0 Å². The Hall–Kier alpha value is -0.743. The maximum Gasteiger partial charge on any atom is 0.270 e. The minimum Gasteiger partial charge on any atom is -0.472 e. The van der Waals surface area contributed by atoms with Gasteiger partial charge in [-0.05, 0) is 18.1 Å². The molecule has 7 nitrogen and oxygen atoms in total. The summed E-state index contributed by atoms with van der Waals surface area (Å²) in [5.74, 6) is 1.43. The summed E-state index contributed by atoms with van der Waals surface area (Å²) in [6, 6.07) is 0.403. The Morgan fingerprint density at radius 2 is 1.89 bits per heavy atom. The van der Waals surface area contributed by atoms with E-state index in [4.69, 9.17) is 13.9 Å². The number of hydrogen-bond acceptors (Lipinski definition) is 8. The van der Waals surface area contributed by atoms with Crippen molar-refractivity contribution in [3.63, 3.8) is 0 Å². The van der Waals surface area contributed by atoms with E-state index in [9.17, 15) is 0 Å². The van der Waals surface area contributed by atoms with Gasteiger partial charge in [-0.25, -0.2) is 0 Å². The van der Waals surface area contributed by atoms with Gasteiger partial charge in [0.15, 0.2) is 8.32 Å². The van der Waals surface area contributed by atoms with Gasteiger partial charge in [-0.2, -0.15) is 4.37 Å². The van der Waals surface area contributed by atoms with Gasteiger partial charge in [0.1, 0.15) is 6.61 Å². The van der Waals surface area contributed by atoms with Gasteiger partial charge in [0.2, 0.25) is 5.82 Å². The molecule has 1 aromatic heterocycles. The number of ether oxygens (including phenoxy) is 2. The van der Waals surface area contributed by atoms with E-state index < -0.39 is 8.32 Å². The van der Waals surface area contributed by atoms with Crippen LogP contribution >= 0.6 is 11.7 Å². The van der Waals surface area contributed by atoms with Crippen molar-refractivity contribution >= 4 is 25.9 Å². The standard InChI is InChI=1S/C18H36N4O3SSi/c1-14(2)19-12-15(25-27(6,7)18(3,4)5)13-24-17-16(20-26-21-17)22-8-10-23-11-9-22/h14-15,19H,8-13H2,1-7H3. The van der Waals surface area contributed by atoms with Crippen LogP contribution in [0.2, 0.25) is 18.1 Å². The summed E-state index contributed by atoms with van der Waals surface area (Å²) in [7, 11) is -1.89. The predicted octanol–water partition coefficient (Wildman–Crippen LogP) is 3.14. The van der Waals surface area contributed by atoms with Gasteiger partial charge in [-0.3, -0.25) is 0 Å². The van der Waals surface area contributed by atoms with Crippen LogP contribution in [0.5, 0.6) is 5.88 Å². The highest BCUT2D eigenvalue weighted by Gasteiger charge is 2.39. The first kappa shape index (κ1) is 22.5. The van der Waals surface area contributed by atoms with Crippen molar-refractivity contribution in [2.24, 2.45) is 0 Å². The third-order valence-corrected chi connectivity index (χ3v) is 10.2. The largest absolute Gasteiger partial charge is 0.472 e. The summed E-state index contributed by atoms with van der Waals surface area (Å²) in [5.41, 5.74) is 0. The first-order valence-electron chi connectivity index (χ1n) is 9.79. The summed E-state index contributed by atoms with van der Waals surface area (Å²) < 4.78 is 26.9. The van der Waals surface area contributed by atoms with Crippen LogP contribution in [-0.4, -0.2) is 68.7 Å². The summed E-state index contributed by atoms with van der Waals surface area (Å²) in [5, 5.41) is 3.64. The predicted molar refractivity (Wildman–Crippen MR) is 114 cm³/mol. The number of nitrogens with zero attached hydrogens (tertiary/aromatic N) is 3. The summed E-state index contributed by atoms with van der Waals surface area (Å²) in [6.07, 6.45) is -0.0208. The smallest absolute Gasteiger partial charge is 0.270 e. The van der Waals surface area contributed by atoms with E-state index in [0.29, 0.717) is 31.7 Å². The van der Waals surface area contributed by atoms with Crippen molar-refractivity contribution in [2.75, 3.05) is 44.4 Å². The van der Waals surface area contributed by atoms with Gasteiger partial charge in [0, 0.05) is 25.7 Å². The highest BCUT2D eigenvalue weighted by molar-refractivity contribution is 6.99. The van der Waals surface area contributed by atoms with Gasteiger partial charge < -0.3 is 24.1 Å². The Morgan fingerprint density at radius 3 is 2.48 bits per heavy atom. The summed E-state index contributed by atoms with van der Waals surface area (Å²) in [6.45, 7) is 19.9. The zero-order valence-electron chi connectivity index (χ0n) is 17.9. The Morgan fingerprint density at radius 1 is 1.22 bits per heavy atom. The van der Waals surface area contributed by atoms with Gasteiger partial charge in [0.05, 0.1) is 31.0 Å². The molecule has 1 N–H and O–H groups in total. The van der Waals surface area contributed by atoms with Crippen LogP contribution in [-0.2, 0) is 9.16 Å². The molecule has 1 aliphatic rings. The van der Waals surface area contributed by atoms with E-state index >= 15 is 0 Å². The van der Waals surface area contributed by atoms with Crippen LogP contribution in [0.15, 0.2) is 0 Å². The lowest BCUT2D eigenvalue weighted by molar-refractivity contribution is 0.108. The Bertz CT molecular complexity index is 571. The lowest BCUT2D eigenvalue weighted by atomic mass is 10.2. The van der Waals surface area contributed by atoms with Gasteiger partial charge in [-0.15, -0.1) is 4.37 Å². The lowest BCUT2D eigenvalue weighted by Crippen LogP contribution is -2.49. The van der Waals surface area contributed by atoms with Crippen molar-refractivity contribution in [1.29, 1.82) is 0 Å².